The van der Waals surface area contributed by atoms with Crippen LogP contribution in [0.5, 0.6) is 5.75 Å². The van der Waals surface area contributed by atoms with Crippen LogP contribution >= 0.6 is 11.3 Å². The first-order chi connectivity index (χ1) is 15.8. The Morgan fingerprint density at radius 3 is 2.55 bits per heavy atom. The van der Waals surface area contributed by atoms with Gasteiger partial charge in [0.25, 0.3) is 5.56 Å². The number of carbonyl (C=O) groups is 1. The van der Waals surface area contributed by atoms with E-state index in [0.717, 1.165) is 11.3 Å². The van der Waals surface area contributed by atoms with Crippen molar-refractivity contribution < 1.29 is 14.6 Å². The lowest BCUT2D eigenvalue weighted by Crippen LogP contribution is -2.35. The number of ether oxygens (including phenoxy) is 1. The van der Waals surface area contributed by atoms with Gasteiger partial charge in [-0.15, -0.1) is 0 Å². The van der Waals surface area contributed by atoms with Gasteiger partial charge in [0.05, 0.1) is 16.7 Å². The lowest BCUT2D eigenvalue weighted by atomic mass is 9.96. The average Bonchev–Trinajstić information content (AvgIpc) is 3.10. The molecule has 1 aliphatic rings. The second-order valence-electron chi connectivity index (χ2n) is 7.83. The third-order valence-corrected chi connectivity index (χ3v) is 6.47. The maximum Gasteiger partial charge on any atom is 0.338 e. The predicted octanol–water partition coefficient (Wildman–Crippen LogP) is 2.68. The summed E-state index contributed by atoms with van der Waals surface area (Å²) in [6.45, 7) is 3.71. The van der Waals surface area contributed by atoms with Crippen molar-refractivity contribution in [1.29, 1.82) is 0 Å². The van der Waals surface area contributed by atoms with Gasteiger partial charge in [-0.25, -0.2) is 9.79 Å². The number of esters is 1. The summed E-state index contributed by atoms with van der Waals surface area (Å²) in [6, 6.07) is 14.0. The van der Waals surface area contributed by atoms with Crippen molar-refractivity contribution >= 4 is 34.8 Å². The van der Waals surface area contributed by atoms with Gasteiger partial charge in [-0.1, -0.05) is 41.7 Å². The molecule has 4 rings (SSSR count). The number of phenolic OH excluding ortho intramolecular Hbond substituents is 1. The molecule has 33 heavy (non-hydrogen) atoms. The maximum absolute atomic E-state index is 13.2. The first kappa shape index (κ1) is 22.5. The lowest BCUT2D eigenvalue weighted by molar-refractivity contribution is -0.138. The van der Waals surface area contributed by atoms with Crippen LogP contribution in [0.15, 0.2) is 63.9 Å². The number of nitrogens with zero attached hydrogens (tertiary/aromatic N) is 3. The minimum absolute atomic E-state index is 0.0866. The highest BCUT2D eigenvalue weighted by Crippen LogP contribution is 2.33. The van der Waals surface area contributed by atoms with Crippen LogP contribution in [0.25, 0.3) is 11.8 Å². The van der Waals surface area contributed by atoms with Crippen molar-refractivity contribution in [2.45, 2.75) is 19.9 Å². The number of rotatable bonds is 5. The summed E-state index contributed by atoms with van der Waals surface area (Å²) in [5, 5.41) is 10.1. The Morgan fingerprint density at radius 1 is 1.21 bits per heavy atom. The molecule has 0 saturated carbocycles. The van der Waals surface area contributed by atoms with Gasteiger partial charge in [-0.2, -0.15) is 0 Å². The van der Waals surface area contributed by atoms with Crippen LogP contribution in [-0.2, 0) is 9.53 Å². The van der Waals surface area contributed by atoms with Gasteiger partial charge in [0, 0.05) is 31.0 Å². The Bertz CT molecular complexity index is 1420. The topological polar surface area (TPSA) is 84.1 Å². The monoisotopic (exact) mass is 463 g/mol. The van der Waals surface area contributed by atoms with E-state index in [2.05, 4.69) is 0 Å². The molecule has 0 fully saturated rings. The van der Waals surface area contributed by atoms with E-state index in [1.165, 1.54) is 15.9 Å². The van der Waals surface area contributed by atoms with Crippen LogP contribution in [0.2, 0.25) is 0 Å². The van der Waals surface area contributed by atoms with Crippen molar-refractivity contribution in [2.75, 3.05) is 25.6 Å². The molecule has 2 heterocycles. The number of thiazole rings is 1. The summed E-state index contributed by atoms with van der Waals surface area (Å²) in [6.07, 6.45) is 1.64. The second kappa shape index (κ2) is 9.07. The molecule has 1 N–H and O–H groups in total. The summed E-state index contributed by atoms with van der Waals surface area (Å²) in [7, 11) is 3.92. The third-order valence-electron chi connectivity index (χ3n) is 5.49. The quantitative estimate of drug-likeness (QED) is 0.588. The number of hydrogen-bond acceptors (Lipinski definition) is 7. The Labute approximate surface area is 195 Å². The molecule has 1 aromatic heterocycles. The largest absolute Gasteiger partial charge is 0.507 e. The number of aromatic hydroxyl groups is 1. The standard InChI is InChI=1S/C25H25N3O4S/c1-5-32-24(31)21-15(2)28-23(30)20(14-17-8-6-7-9-19(17)29)33-25(28)26-22(21)16-10-12-18(13-11-16)27(3)4/h6-14,22,29H,5H2,1-4H3/b20-14-/t22-/m0/s1. The molecule has 2 aromatic carbocycles. The molecule has 0 amide bonds. The van der Waals surface area contributed by atoms with Crippen molar-refractivity contribution in [1.82, 2.24) is 4.57 Å². The summed E-state index contributed by atoms with van der Waals surface area (Å²) in [4.78, 5) is 33.5. The Morgan fingerprint density at radius 2 is 1.91 bits per heavy atom. The summed E-state index contributed by atoms with van der Waals surface area (Å²) in [5.74, 6) is -0.404. The molecule has 0 saturated heterocycles. The summed E-state index contributed by atoms with van der Waals surface area (Å²) >= 11 is 1.23. The van der Waals surface area contributed by atoms with Crippen LogP contribution in [-0.4, -0.2) is 36.3 Å². The first-order valence-electron chi connectivity index (χ1n) is 10.6. The van der Waals surface area contributed by atoms with Crippen molar-refractivity contribution in [3.8, 4) is 5.75 Å². The molecule has 1 aliphatic heterocycles. The molecule has 0 radical (unpaired) electrons. The SMILES string of the molecule is CCOC(=O)C1=C(C)n2c(s/c(=C\c3ccccc3O)c2=O)=N[C@H]1c1ccc(N(C)C)cc1. The van der Waals surface area contributed by atoms with Gasteiger partial charge in [0.2, 0.25) is 0 Å². The van der Waals surface area contributed by atoms with Crippen LogP contribution in [0, 0.1) is 0 Å². The molecule has 0 unspecified atom stereocenters. The zero-order chi connectivity index (χ0) is 23.7. The normalized spacial score (nSPS) is 15.8. The van der Waals surface area contributed by atoms with E-state index < -0.39 is 12.0 Å². The van der Waals surface area contributed by atoms with Gasteiger partial charge in [-0.05, 0) is 43.7 Å². The zero-order valence-corrected chi connectivity index (χ0v) is 19.7. The average molecular weight is 464 g/mol. The van der Waals surface area contributed by atoms with Gasteiger partial charge < -0.3 is 14.7 Å². The lowest BCUT2D eigenvalue weighted by Gasteiger charge is -2.23. The van der Waals surface area contributed by atoms with Gasteiger partial charge in [-0.3, -0.25) is 9.36 Å². The molecule has 8 heteroatoms. The number of fused-ring (bicyclic) bond motifs is 1. The Hall–Kier alpha value is -3.65. The predicted molar refractivity (Wildman–Crippen MR) is 130 cm³/mol. The fraction of sp³-hybridized carbons (Fsp3) is 0.240. The number of benzene rings is 2. The number of hydrogen-bond donors (Lipinski definition) is 1. The van der Waals surface area contributed by atoms with Crippen molar-refractivity contribution in [3.05, 3.63) is 84.9 Å². The van der Waals surface area contributed by atoms with Crippen LogP contribution in [0.3, 0.4) is 0 Å². The molecular weight excluding hydrogens is 438 g/mol. The van der Waals surface area contributed by atoms with E-state index in [0.29, 0.717) is 26.2 Å². The zero-order valence-electron chi connectivity index (χ0n) is 18.9. The fourth-order valence-corrected chi connectivity index (χ4v) is 4.79. The molecular formula is C25H25N3O4S. The number of anilines is 1. The van der Waals surface area contributed by atoms with Crippen molar-refractivity contribution in [3.63, 3.8) is 0 Å². The van der Waals surface area contributed by atoms with Gasteiger partial charge in [0.1, 0.15) is 11.8 Å². The fourth-order valence-electron chi connectivity index (χ4n) is 3.76. The number of allylic oxidation sites excluding steroid dienone is 1. The van der Waals surface area contributed by atoms with Crippen LogP contribution in [0.1, 0.15) is 31.0 Å². The van der Waals surface area contributed by atoms with E-state index in [4.69, 9.17) is 9.73 Å². The first-order valence-corrected chi connectivity index (χ1v) is 11.4. The Kier molecular flexibility index (Phi) is 6.20. The number of aromatic nitrogens is 1. The van der Waals surface area contributed by atoms with Crippen LogP contribution < -0.4 is 19.8 Å². The summed E-state index contributed by atoms with van der Waals surface area (Å²) < 4.78 is 7.19. The maximum atomic E-state index is 13.2. The molecule has 3 aromatic rings. The number of para-hydroxylation sites is 1. The summed E-state index contributed by atoms with van der Waals surface area (Å²) in [5.41, 5.74) is 2.95. The molecule has 0 aliphatic carbocycles. The smallest absolute Gasteiger partial charge is 0.338 e. The Balaban J connectivity index is 1.93. The minimum atomic E-state index is -0.587. The highest BCUT2D eigenvalue weighted by molar-refractivity contribution is 7.07. The van der Waals surface area contributed by atoms with E-state index in [9.17, 15) is 14.7 Å². The van der Waals surface area contributed by atoms with Crippen molar-refractivity contribution in [2.24, 2.45) is 4.99 Å². The minimum Gasteiger partial charge on any atom is -0.507 e. The molecule has 7 nitrogen and oxygen atoms in total. The molecule has 1 atom stereocenters. The highest BCUT2D eigenvalue weighted by Gasteiger charge is 2.31. The molecule has 170 valence electrons. The van der Waals surface area contributed by atoms with E-state index in [-0.39, 0.29) is 17.9 Å². The van der Waals surface area contributed by atoms with E-state index in [1.54, 1.807) is 44.2 Å². The van der Waals surface area contributed by atoms with E-state index in [1.807, 2.05) is 43.3 Å². The second-order valence-corrected chi connectivity index (χ2v) is 8.84. The van der Waals surface area contributed by atoms with Crippen LogP contribution in [0.4, 0.5) is 5.69 Å². The highest BCUT2D eigenvalue weighted by atomic mass is 32.1. The number of phenols is 1. The number of carbonyl (C=O) groups excluding carboxylic acids is 1. The molecule has 0 bridgehead atoms. The van der Waals surface area contributed by atoms with Gasteiger partial charge >= 0.3 is 5.97 Å². The van der Waals surface area contributed by atoms with Gasteiger partial charge in [0.15, 0.2) is 4.80 Å². The molecule has 0 spiro atoms. The van der Waals surface area contributed by atoms with E-state index >= 15 is 0 Å². The third kappa shape index (κ3) is 4.21.